The molecule has 1 rings (SSSR count). The standard InChI is InChI=1S/C6H2BrCl2NO.C2H6/c7-5-1-4(8)3(2-11)6(9)10-5;1-2/h1-2H;1-2H3. The minimum absolute atomic E-state index is 0.111. The lowest BCUT2D eigenvalue weighted by molar-refractivity contribution is 0.112. The number of carbonyl (C=O) groups excluding carboxylic acids is 1. The van der Waals surface area contributed by atoms with E-state index in [2.05, 4.69) is 20.9 Å². The van der Waals surface area contributed by atoms with Crippen LogP contribution in [0.15, 0.2) is 10.7 Å². The van der Waals surface area contributed by atoms with Gasteiger partial charge in [0.05, 0.1) is 10.6 Å². The van der Waals surface area contributed by atoms with Crippen molar-refractivity contribution >= 4 is 45.4 Å². The molecule has 0 fully saturated rings. The summed E-state index contributed by atoms with van der Waals surface area (Å²) in [6.07, 6.45) is 0.574. The second-order valence-electron chi connectivity index (χ2n) is 1.75. The Balaban J connectivity index is 0.000000671. The molecule has 13 heavy (non-hydrogen) atoms. The van der Waals surface area contributed by atoms with Crippen LogP contribution in [0.2, 0.25) is 10.2 Å². The van der Waals surface area contributed by atoms with E-state index in [0.29, 0.717) is 15.9 Å². The molecule has 0 atom stereocenters. The summed E-state index contributed by atoms with van der Waals surface area (Å²) >= 11 is 14.3. The summed E-state index contributed by atoms with van der Waals surface area (Å²) in [6, 6.07) is 1.51. The molecule has 0 radical (unpaired) electrons. The molecule has 0 N–H and O–H groups in total. The lowest BCUT2D eigenvalue weighted by Gasteiger charge is -1.98. The Labute approximate surface area is 95.4 Å². The zero-order valence-electron chi connectivity index (χ0n) is 7.14. The normalized spacial score (nSPS) is 8.69. The lowest BCUT2D eigenvalue weighted by Crippen LogP contribution is -1.88. The second kappa shape index (κ2) is 6.35. The molecule has 1 heterocycles. The Morgan fingerprint density at radius 2 is 2.00 bits per heavy atom. The molecule has 0 unspecified atom stereocenters. The van der Waals surface area contributed by atoms with Crippen molar-refractivity contribution in [1.82, 2.24) is 4.98 Å². The first-order valence-electron chi connectivity index (χ1n) is 3.62. The Morgan fingerprint density at radius 1 is 1.46 bits per heavy atom. The van der Waals surface area contributed by atoms with E-state index >= 15 is 0 Å². The Hall–Kier alpha value is -0.120. The fourth-order valence-electron chi connectivity index (χ4n) is 0.572. The van der Waals surface area contributed by atoms with Crippen LogP contribution >= 0.6 is 39.1 Å². The predicted octanol–water partition coefficient (Wildman–Crippen LogP) is 3.99. The highest BCUT2D eigenvalue weighted by Gasteiger charge is 2.06. The van der Waals surface area contributed by atoms with Gasteiger partial charge in [-0.3, -0.25) is 4.79 Å². The molecule has 0 saturated carbocycles. The van der Waals surface area contributed by atoms with Crippen LogP contribution in [0.3, 0.4) is 0 Å². The zero-order chi connectivity index (χ0) is 10.4. The smallest absolute Gasteiger partial charge is 0.154 e. The van der Waals surface area contributed by atoms with E-state index in [9.17, 15) is 4.79 Å². The number of nitrogens with zero attached hydrogens (tertiary/aromatic N) is 1. The van der Waals surface area contributed by atoms with Crippen molar-refractivity contribution < 1.29 is 4.79 Å². The molecule has 5 heteroatoms. The fourth-order valence-corrected chi connectivity index (χ4v) is 1.74. The fraction of sp³-hybridized carbons (Fsp3) is 0.250. The van der Waals surface area contributed by atoms with Gasteiger partial charge < -0.3 is 0 Å². The number of hydrogen-bond acceptors (Lipinski definition) is 2. The van der Waals surface area contributed by atoms with Gasteiger partial charge in [0.15, 0.2) is 6.29 Å². The highest BCUT2D eigenvalue weighted by Crippen LogP contribution is 2.24. The molecule has 1 aromatic heterocycles. The minimum Gasteiger partial charge on any atom is -0.298 e. The van der Waals surface area contributed by atoms with Crippen molar-refractivity contribution in [1.29, 1.82) is 0 Å². The van der Waals surface area contributed by atoms with Gasteiger partial charge in [0.2, 0.25) is 0 Å². The molecule has 0 aliphatic carbocycles. The van der Waals surface area contributed by atoms with Crippen LogP contribution in [0.4, 0.5) is 0 Å². The van der Waals surface area contributed by atoms with E-state index in [1.807, 2.05) is 13.8 Å². The molecule has 0 saturated heterocycles. The molecule has 72 valence electrons. The largest absolute Gasteiger partial charge is 0.298 e. The van der Waals surface area contributed by atoms with E-state index in [-0.39, 0.29) is 10.7 Å². The summed E-state index contributed by atoms with van der Waals surface area (Å²) in [7, 11) is 0. The van der Waals surface area contributed by atoms with Gasteiger partial charge in [-0.05, 0) is 22.0 Å². The monoisotopic (exact) mass is 283 g/mol. The first-order valence-corrected chi connectivity index (χ1v) is 5.16. The maximum absolute atomic E-state index is 10.3. The topological polar surface area (TPSA) is 30.0 Å². The number of aromatic nitrogens is 1. The van der Waals surface area contributed by atoms with Crippen molar-refractivity contribution in [2.45, 2.75) is 13.8 Å². The number of halogens is 3. The van der Waals surface area contributed by atoms with Crippen molar-refractivity contribution in [2.75, 3.05) is 0 Å². The summed E-state index contributed by atoms with van der Waals surface area (Å²) in [5.74, 6) is 0. The molecule has 0 bridgehead atoms. The van der Waals surface area contributed by atoms with Crippen LogP contribution in [-0.2, 0) is 0 Å². The van der Waals surface area contributed by atoms with Crippen LogP contribution in [0.5, 0.6) is 0 Å². The molecule has 0 aliphatic rings. The van der Waals surface area contributed by atoms with Crippen LogP contribution < -0.4 is 0 Å². The summed E-state index contributed by atoms with van der Waals surface area (Å²) < 4.78 is 0.512. The van der Waals surface area contributed by atoms with Crippen molar-refractivity contribution in [2.24, 2.45) is 0 Å². The van der Waals surface area contributed by atoms with Crippen molar-refractivity contribution in [3.63, 3.8) is 0 Å². The third kappa shape index (κ3) is 3.63. The molecule has 0 amide bonds. The molecule has 2 nitrogen and oxygen atoms in total. The first-order chi connectivity index (χ1) is 6.15. The summed E-state index contributed by atoms with van der Waals surface area (Å²) in [5, 5.41) is 0.409. The van der Waals surface area contributed by atoms with E-state index in [4.69, 9.17) is 23.2 Å². The molecular formula is C8H8BrCl2NO. The van der Waals surface area contributed by atoms with Gasteiger partial charge in [0.25, 0.3) is 0 Å². The second-order valence-corrected chi connectivity index (χ2v) is 3.33. The van der Waals surface area contributed by atoms with Crippen LogP contribution in [0.1, 0.15) is 24.2 Å². The van der Waals surface area contributed by atoms with Gasteiger partial charge in [-0.15, -0.1) is 0 Å². The summed E-state index contributed by atoms with van der Waals surface area (Å²) in [6.45, 7) is 4.00. The van der Waals surface area contributed by atoms with E-state index in [1.54, 1.807) is 0 Å². The van der Waals surface area contributed by atoms with Gasteiger partial charge in [-0.1, -0.05) is 37.0 Å². The third-order valence-electron chi connectivity index (χ3n) is 1.05. The number of carbonyl (C=O) groups is 1. The zero-order valence-corrected chi connectivity index (χ0v) is 10.2. The SMILES string of the molecule is CC.O=Cc1c(Cl)cc(Br)nc1Cl. The Kier molecular flexibility index (Phi) is 6.29. The molecule has 0 aliphatic heterocycles. The predicted molar refractivity (Wildman–Crippen MR) is 58.7 cm³/mol. The third-order valence-corrected chi connectivity index (χ3v) is 2.06. The van der Waals surface area contributed by atoms with Crippen molar-refractivity contribution in [3.8, 4) is 0 Å². The van der Waals surface area contributed by atoms with E-state index in [0.717, 1.165) is 0 Å². The number of aldehydes is 1. The van der Waals surface area contributed by atoms with Crippen LogP contribution in [0.25, 0.3) is 0 Å². The minimum atomic E-state index is 0.111. The average molecular weight is 285 g/mol. The highest BCUT2D eigenvalue weighted by atomic mass is 79.9. The van der Waals surface area contributed by atoms with Gasteiger partial charge >= 0.3 is 0 Å². The summed E-state index contributed by atoms with van der Waals surface area (Å²) in [4.78, 5) is 14.1. The number of hydrogen-bond donors (Lipinski definition) is 0. The van der Waals surface area contributed by atoms with E-state index < -0.39 is 0 Å². The first kappa shape index (κ1) is 12.9. The maximum atomic E-state index is 10.3. The number of rotatable bonds is 1. The Bertz CT molecular complexity index is 281. The van der Waals surface area contributed by atoms with Crippen LogP contribution in [0, 0.1) is 0 Å². The molecule has 0 spiro atoms. The quantitative estimate of drug-likeness (QED) is 0.576. The highest BCUT2D eigenvalue weighted by molar-refractivity contribution is 9.10. The molecule has 0 aromatic carbocycles. The molecular weight excluding hydrogens is 277 g/mol. The van der Waals surface area contributed by atoms with E-state index in [1.165, 1.54) is 6.07 Å². The van der Waals surface area contributed by atoms with Crippen molar-refractivity contribution in [3.05, 3.63) is 26.4 Å². The Morgan fingerprint density at radius 3 is 2.38 bits per heavy atom. The molecule has 1 aromatic rings. The average Bonchev–Trinajstić information content (AvgIpc) is 2.07. The van der Waals surface area contributed by atoms with Crippen LogP contribution in [-0.4, -0.2) is 11.3 Å². The number of pyridine rings is 1. The maximum Gasteiger partial charge on any atom is 0.154 e. The van der Waals surface area contributed by atoms with Gasteiger partial charge in [-0.25, -0.2) is 4.98 Å². The van der Waals surface area contributed by atoms with Gasteiger partial charge in [-0.2, -0.15) is 0 Å². The summed E-state index contributed by atoms with van der Waals surface area (Å²) in [5.41, 5.74) is 0.219. The van der Waals surface area contributed by atoms with Gasteiger partial charge in [0, 0.05) is 0 Å². The van der Waals surface area contributed by atoms with Gasteiger partial charge in [0.1, 0.15) is 9.76 Å². The lowest BCUT2D eigenvalue weighted by atomic mass is 10.3.